The predicted molar refractivity (Wildman–Crippen MR) is 64.0 cm³/mol. The zero-order chi connectivity index (χ0) is 10.4. The van der Waals surface area contributed by atoms with Crippen LogP contribution in [0.2, 0.25) is 0 Å². The third-order valence-corrected chi connectivity index (χ3v) is 2.29. The van der Waals surface area contributed by atoms with Gasteiger partial charge in [0, 0.05) is 11.9 Å². The molecule has 0 unspecified atom stereocenters. The Kier molecular flexibility index (Phi) is 6.50. The summed E-state index contributed by atoms with van der Waals surface area (Å²) in [7, 11) is 0. The van der Waals surface area contributed by atoms with Crippen molar-refractivity contribution in [3.63, 3.8) is 0 Å². The summed E-state index contributed by atoms with van der Waals surface area (Å²) in [6.07, 6.45) is 2.06. The topological polar surface area (TPSA) is 86.5 Å². The molecule has 3 N–H and O–H groups in total. The van der Waals surface area contributed by atoms with E-state index in [0.717, 1.165) is 11.3 Å². The number of nitriles is 1. The van der Waals surface area contributed by atoms with E-state index in [0.29, 0.717) is 12.2 Å². The van der Waals surface area contributed by atoms with E-state index in [4.69, 9.17) is 16.4 Å². The third-order valence-electron chi connectivity index (χ3n) is 1.54. The van der Waals surface area contributed by atoms with Gasteiger partial charge in [-0.1, -0.05) is 11.8 Å². The van der Waals surface area contributed by atoms with Crippen molar-refractivity contribution in [1.29, 1.82) is 10.7 Å². The molecule has 0 aliphatic carbocycles. The molecule has 0 fully saturated rings. The molecule has 1 aromatic heterocycles. The van der Waals surface area contributed by atoms with E-state index in [1.165, 1.54) is 11.8 Å². The van der Waals surface area contributed by atoms with E-state index in [1.807, 2.05) is 12.1 Å². The lowest BCUT2D eigenvalue weighted by atomic mass is 10.2. The second-order valence-corrected chi connectivity index (χ2v) is 3.66. The normalized spacial score (nSPS) is 8.73. The summed E-state index contributed by atoms with van der Waals surface area (Å²) >= 11 is 1.23. The number of hydrogen-bond donors (Lipinski definition) is 2. The number of nitrogens with one attached hydrogen (secondary N) is 1. The maximum atomic E-state index is 8.50. The van der Waals surface area contributed by atoms with Crippen LogP contribution in [-0.2, 0) is 12.2 Å². The molecule has 1 heterocycles. The Balaban J connectivity index is 0.00000196. The molecule has 1 rings (SSSR count). The molecule has 0 aliphatic rings. The molecule has 6 heteroatoms. The fourth-order valence-corrected chi connectivity index (χ4v) is 1.42. The van der Waals surface area contributed by atoms with E-state index in [9.17, 15) is 0 Å². The summed E-state index contributed by atoms with van der Waals surface area (Å²) in [5.74, 6) is 0.578. The standard InChI is InChI=1S/C9H10N4S.ClH/c10-3-1-7-2-4-13-8(5-7)6-14-9(11)12;/h2,4-5H,1,6H2,(H3,11,12);1H. The van der Waals surface area contributed by atoms with Crippen molar-refractivity contribution in [3.05, 3.63) is 29.6 Å². The van der Waals surface area contributed by atoms with Gasteiger partial charge in [-0.3, -0.25) is 10.4 Å². The maximum absolute atomic E-state index is 8.50. The summed E-state index contributed by atoms with van der Waals surface area (Å²) in [6.45, 7) is 0. The van der Waals surface area contributed by atoms with Crippen LogP contribution in [0.3, 0.4) is 0 Å². The summed E-state index contributed by atoms with van der Waals surface area (Å²) in [4.78, 5) is 4.11. The molecular formula is C9H11ClN4S. The van der Waals surface area contributed by atoms with Gasteiger partial charge < -0.3 is 5.73 Å². The smallest absolute Gasteiger partial charge is 0.151 e. The first kappa shape index (κ1) is 13.8. The zero-order valence-electron chi connectivity index (χ0n) is 7.93. The summed E-state index contributed by atoms with van der Waals surface area (Å²) < 4.78 is 0. The highest BCUT2D eigenvalue weighted by Crippen LogP contribution is 2.10. The lowest BCUT2D eigenvalue weighted by Crippen LogP contribution is -2.04. The highest BCUT2D eigenvalue weighted by atomic mass is 35.5. The lowest BCUT2D eigenvalue weighted by molar-refractivity contribution is 1.13. The number of rotatable bonds is 3. The number of nitrogens with zero attached hydrogens (tertiary/aromatic N) is 2. The number of halogens is 1. The number of nitrogens with two attached hydrogens (primary N) is 1. The SMILES string of the molecule is Cl.N#CCc1ccnc(CSC(=N)N)c1. The van der Waals surface area contributed by atoms with Gasteiger partial charge in [-0.2, -0.15) is 5.26 Å². The minimum absolute atomic E-state index is 0. The zero-order valence-corrected chi connectivity index (χ0v) is 9.57. The second-order valence-electron chi connectivity index (χ2n) is 2.64. The molecule has 0 atom stereocenters. The van der Waals surface area contributed by atoms with Crippen LogP contribution in [0.25, 0.3) is 0 Å². The van der Waals surface area contributed by atoms with E-state index in [1.54, 1.807) is 6.20 Å². The van der Waals surface area contributed by atoms with Crippen LogP contribution in [0.4, 0.5) is 0 Å². The van der Waals surface area contributed by atoms with Crippen LogP contribution in [0.15, 0.2) is 18.3 Å². The predicted octanol–water partition coefficient (Wildman–Crippen LogP) is 1.70. The van der Waals surface area contributed by atoms with Gasteiger partial charge in [0.05, 0.1) is 18.2 Å². The molecule has 0 saturated carbocycles. The van der Waals surface area contributed by atoms with E-state index in [2.05, 4.69) is 11.1 Å². The van der Waals surface area contributed by atoms with Gasteiger partial charge in [0.15, 0.2) is 5.17 Å². The largest absolute Gasteiger partial charge is 0.379 e. The van der Waals surface area contributed by atoms with Crippen molar-refractivity contribution in [2.24, 2.45) is 5.73 Å². The van der Waals surface area contributed by atoms with E-state index < -0.39 is 0 Å². The fraction of sp³-hybridized carbons (Fsp3) is 0.222. The Morgan fingerprint density at radius 2 is 2.40 bits per heavy atom. The number of thioether (sulfide) groups is 1. The van der Waals surface area contributed by atoms with Crippen molar-refractivity contribution < 1.29 is 0 Å². The Morgan fingerprint density at radius 1 is 1.67 bits per heavy atom. The highest BCUT2D eigenvalue weighted by molar-refractivity contribution is 8.13. The summed E-state index contributed by atoms with van der Waals surface area (Å²) in [6, 6.07) is 5.75. The minimum Gasteiger partial charge on any atom is -0.379 e. The first-order valence-electron chi connectivity index (χ1n) is 4.00. The number of aromatic nitrogens is 1. The molecule has 80 valence electrons. The second kappa shape index (κ2) is 7.10. The molecule has 0 spiro atoms. The highest BCUT2D eigenvalue weighted by Gasteiger charge is 1.98. The maximum Gasteiger partial charge on any atom is 0.151 e. The molecule has 4 nitrogen and oxygen atoms in total. The Bertz CT molecular complexity index is 375. The molecule has 1 aromatic rings. The Hall–Kier alpha value is -1.25. The minimum atomic E-state index is 0. The molecule has 0 bridgehead atoms. The Morgan fingerprint density at radius 3 is 3.00 bits per heavy atom. The monoisotopic (exact) mass is 242 g/mol. The molecule has 0 aromatic carbocycles. The van der Waals surface area contributed by atoms with Crippen LogP contribution in [0.5, 0.6) is 0 Å². The number of amidine groups is 1. The Labute approximate surface area is 98.8 Å². The van der Waals surface area contributed by atoms with Crippen LogP contribution >= 0.6 is 24.2 Å². The summed E-state index contributed by atoms with van der Waals surface area (Å²) in [5, 5.41) is 15.6. The van der Waals surface area contributed by atoms with Crippen molar-refractivity contribution in [1.82, 2.24) is 4.98 Å². The van der Waals surface area contributed by atoms with Gasteiger partial charge in [0.2, 0.25) is 0 Å². The first-order valence-corrected chi connectivity index (χ1v) is 4.98. The molecule has 0 radical (unpaired) electrons. The van der Waals surface area contributed by atoms with Crippen molar-refractivity contribution in [3.8, 4) is 6.07 Å². The van der Waals surface area contributed by atoms with Gasteiger partial charge in [-0.15, -0.1) is 12.4 Å². The van der Waals surface area contributed by atoms with Gasteiger partial charge >= 0.3 is 0 Å². The average Bonchev–Trinajstić information content (AvgIpc) is 2.16. The van der Waals surface area contributed by atoms with Crippen molar-refractivity contribution in [2.45, 2.75) is 12.2 Å². The van der Waals surface area contributed by atoms with Crippen LogP contribution in [-0.4, -0.2) is 10.2 Å². The van der Waals surface area contributed by atoms with Gasteiger partial charge in [-0.25, -0.2) is 0 Å². The molecule has 0 saturated heterocycles. The van der Waals surface area contributed by atoms with E-state index >= 15 is 0 Å². The quantitative estimate of drug-likeness (QED) is 0.624. The van der Waals surface area contributed by atoms with Crippen LogP contribution < -0.4 is 5.73 Å². The van der Waals surface area contributed by atoms with Crippen molar-refractivity contribution >= 4 is 29.3 Å². The van der Waals surface area contributed by atoms with Gasteiger partial charge in [0.25, 0.3) is 0 Å². The molecule has 0 aliphatic heterocycles. The van der Waals surface area contributed by atoms with Crippen LogP contribution in [0.1, 0.15) is 11.3 Å². The van der Waals surface area contributed by atoms with E-state index in [-0.39, 0.29) is 17.6 Å². The lowest BCUT2D eigenvalue weighted by Gasteiger charge is -2.00. The molecular weight excluding hydrogens is 232 g/mol. The summed E-state index contributed by atoms with van der Waals surface area (Å²) in [5.41, 5.74) is 6.99. The van der Waals surface area contributed by atoms with Crippen molar-refractivity contribution in [2.75, 3.05) is 0 Å². The van der Waals surface area contributed by atoms with Gasteiger partial charge in [-0.05, 0) is 17.7 Å². The first-order chi connectivity index (χ1) is 6.72. The number of hydrogen-bond acceptors (Lipinski definition) is 4. The third kappa shape index (κ3) is 5.25. The fourth-order valence-electron chi connectivity index (χ4n) is 0.960. The van der Waals surface area contributed by atoms with Gasteiger partial charge in [0.1, 0.15) is 0 Å². The average molecular weight is 243 g/mol. The molecule has 0 amide bonds. The number of pyridine rings is 1. The molecule has 15 heavy (non-hydrogen) atoms. The van der Waals surface area contributed by atoms with Crippen LogP contribution in [0, 0.1) is 16.7 Å².